The summed E-state index contributed by atoms with van der Waals surface area (Å²) in [6.45, 7) is -0.588. The van der Waals surface area contributed by atoms with Gasteiger partial charge in [-0.15, -0.1) is 0 Å². The normalized spacial score (nSPS) is 15.0. The summed E-state index contributed by atoms with van der Waals surface area (Å²) in [5.41, 5.74) is 0.102. The Morgan fingerprint density at radius 3 is 2.57 bits per heavy atom. The van der Waals surface area contributed by atoms with Gasteiger partial charge in [0.2, 0.25) is 10.0 Å². The first kappa shape index (κ1) is 15.5. The summed E-state index contributed by atoms with van der Waals surface area (Å²) in [6.07, 6.45) is 1.28. The molecule has 0 atom stereocenters. The van der Waals surface area contributed by atoms with Crippen LogP contribution < -0.4 is 0 Å². The van der Waals surface area contributed by atoms with E-state index in [1.807, 2.05) is 0 Å². The smallest absolute Gasteiger partial charge is 0.337 e. The Kier molecular flexibility index (Phi) is 4.29. The third-order valence-corrected chi connectivity index (χ3v) is 5.00. The number of esters is 1. The molecule has 21 heavy (non-hydrogen) atoms. The van der Waals surface area contributed by atoms with Gasteiger partial charge in [-0.25, -0.2) is 13.2 Å². The molecule has 0 saturated heterocycles. The number of sulfonamides is 1. The third-order valence-electron chi connectivity index (χ3n) is 3.11. The van der Waals surface area contributed by atoms with Gasteiger partial charge in [0, 0.05) is 6.04 Å². The highest BCUT2D eigenvalue weighted by Gasteiger charge is 2.39. The minimum Gasteiger partial charge on any atom is -0.480 e. The van der Waals surface area contributed by atoms with Crippen molar-refractivity contribution in [2.24, 2.45) is 0 Å². The monoisotopic (exact) mass is 313 g/mol. The molecule has 0 aromatic heterocycles. The van der Waals surface area contributed by atoms with Crippen LogP contribution in [0.15, 0.2) is 29.2 Å². The predicted molar refractivity (Wildman–Crippen MR) is 72.3 cm³/mol. The van der Waals surface area contributed by atoms with Crippen LogP contribution in [0, 0.1) is 0 Å². The summed E-state index contributed by atoms with van der Waals surface area (Å²) in [5, 5.41) is 8.87. The number of aliphatic carboxylic acids is 1. The number of methoxy groups -OCH3 is 1. The van der Waals surface area contributed by atoms with Crippen molar-refractivity contribution in [1.82, 2.24) is 4.31 Å². The van der Waals surface area contributed by atoms with E-state index in [2.05, 4.69) is 4.74 Å². The Bertz CT molecular complexity index is 665. The lowest BCUT2D eigenvalue weighted by molar-refractivity contribution is -0.137. The van der Waals surface area contributed by atoms with Crippen LogP contribution in [0.5, 0.6) is 0 Å². The van der Waals surface area contributed by atoms with Crippen molar-refractivity contribution in [2.75, 3.05) is 13.7 Å². The van der Waals surface area contributed by atoms with Crippen LogP contribution in [0.25, 0.3) is 0 Å². The van der Waals surface area contributed by atoms with Crippen molar-refractivity contribution in [1.29, 1.82) is 0 Å². The van der Waals surface area contributed by atoms with E-state index in [9.17, 15) is 18.0 Å². The Morgan fingerprint density at radius 1 is 1.38 bits per heavy atom. The van der Waals surface area contributed by atoms with E-state index in [1.54, 1.807) is 0 Å². The van der Waals surface area contributed by atoms with E-state index in [4.69, 9.17) is 5.11 Å². The zero-order chi connectivity index (χ0) is 15.6. The number of rotatable bonds is 6. The highest BCUT2D eigenvalue weighted by molar-refractivity contribution is 7.89. The van der Waals surface area contributed by atoms with Crippen LogP contribution in [0.1, 0.15) is 23.2 Å². The van der Waals surface area contributed by atoms with Gasteiger partial charge in [-0.2, -0.15) is 4.31 Å². The van der Waals surface area contributed by atoms with Crippen molar-refractivity contribution in [3.05, 3.63) is 29.8 Å². The molecule has 0 bridgehead atoms. The average molecular weight is 313 g/mol. The summed E-state index contributed by atoms with van der Waals surface area (Å²) in [7, 11) is -2.75. The molecule has 0 amide bonds. The first-order valence-electron chi connectivity index (χ1n) is 6.28. The quantitative estimate of drug-likeness (QED) is 0.776. The van der Waals surface area contributed by atoms with E-state index in [1.165, 1.54) is 31.4 Å². The van der Waals surface area contributed by atoms with Gasteiger partial charge in [0.05, 0.1) is 17.6 Å². The topological polar surface area (TPSA) is 101 Å². The van der Waals surface area contributed by atoms with Crippen LogP contribution in [0.4, 0.5) is 0 Å². The first-order valence-corrected chi connectivity index (χ1v) is 7.72. The standard InChI is InChI=1S/C13H15NO6S/c1-20-13(17)9-3-2-4-11(7-9)21(18,19)14(8-12(15)16)10-5-6-10/h2-4,7,10H,5-6,8H2,1H3,(H,15,16). The second kappa shape index (κ2) is 5.82. The lowest BCUT2D eigenvalue weighted by atomic mass is 10.2. The maximum Gasteiger partial charge on any atom is 0.337 e. The van der Waals surface area contributed by atoms with Crippen LogP contribution in [0.3, 0.4) is 0 Å². The second-order valence-corrected chi connectivity index (χ2v) is 6.59. The van der Waals surface area contributed by atoms with E-state index in [0.29, 0.717) is 12.8 Å². The van der Waals surface area contributed by atoms with Crippen LogP contribution in [-0.4, -0.2) is 49.5 Å². The molecule has 1 aromatic carbocycles. The largest absolute Gasteiger partial charge is 0.480 e. The highest BCUT2D eigenvalue weighted by atomic mass is 32.2. The Balaban J connectivity index is 2.37. The number of nitrogens with zero attached hydrogens (tertiary/aromatic N) is 1. The van der Waals surface area contributed by atoms with Gasteiger partial charge in [-0.05, 0) is 31.0 Å². The maximum atomic E-state index is 12.5. The number of hydrogen-bond donors (Lipinski definition) is 1. The fourth-order valence-electron chi connectivity index (χ4n) is 1.94. The minimum absolute atomic E-state index is 0.102. The number of hydrogen-bond acceptors (Lipinski definition) is 5. The summed E-state index contributed by atoms with van der Waals surface area (Å²) >= 11 is 0. The Labute approximate surface area is 122 Å². The molecule has 1 fully saturated rings. The molecular weight excluding hydrogens is 298 g/mol. The molecule has 0 radical (unpaired) electrons. The number of benzene rings is 1. The minimum atomic E-state index is -3.95. The number of carboxylic acid groups (broad SMARTS) is 1. The molecule has 1 aliphatic rings. The first-order chi connectivity index (χ1) is 9.86. The van der Waals surface area contributed by atoms with Crippen LogP contribution in [-0.2, 0) is 19.6 Å². The molecule has 1 N–H and O–H groups in total. The lowest BCUT2D eigenvalue weighted by Crippen LogP contribution is -2.37. The van der Waals surface area contributed by atoms with Gasteiger partial charge in [-0.3, -0.25) is 4.79 Å². The van der Waals surface area contributed by atoms with Crippen molar-refractivity contribution < 1.29 is 27.9 Å². The van der Waals surface area contributed by atoms with E-state index in [0.717, 1.165) is 4.31 Å². The molecule has 0 aliphatic heterocycles. The number of carbonyl (C=O) groups is 2. The van der Waals surface area contributed by atoms with E-state index in [-0.39, 0.29) is 16.5 Å². The van der Waals surface area contributed by atoms with Crippen molar-refractivity contribution in [3.63, 3.8) is 0 Å². The zero-order valence-corrected chi connectivity index (χ0v) is 12.2. The average Bonchev–Trinajstić information content (AvgIpc) is 3.28. The highest BCUT2D eigenvalue weighted by Crippen LogP contribution is 2.32. The lowest BCUT2D eigenvalue weighted by Gasteiger charge is -2.20. The summed E-state index contributed by atoms with van der Waals surface area (Å²) in [6, 6.07) is 5.10. The van der Waals surface area contributed by atoms with Crippen LogP contribution in [0.2, 0.25) is 0 Å². The molecule has 0 unspecified atom stereocenters. The summed E-state index contributed by atoms with van der Waals surface area (Å²) in [5.74, 6) is -1.86. The van der Waals surface area contributed by atoms with Gasteiger partial charge in [-0.1, -0.05) is 6.07 Å². The molecule has 2 rings (SSSR count). The number of ether oxygens (including phenoxy) is 1. The molecule has 1 saturated carbocycles. The predicted octanol–water partition coefficient (Wildman–Crippen LogP) is 0.711. The molecular formula is C13H15NO6S. The van der Waals surface area contributed by atoms with Gasteiger partial charge in [0.1, 0.15) is 6.54 Å². The molecule has 7 nitrogen and oxygen atoms in total. The van der Waals surface area contributed by atoms with E-state index >= 15 is 0 Å². The third kappa shape index (κ3) is 3.40. The molecule has 0 spiro atoms. The van der Waals surface area contributed by atoms with Crippen molar-refractivity contribution in [3.8, 4) is 0 Å². The van der Waals surface area contributed by atoms with Gasteiger partial charge in [0.15, 0.2) is 0 Å². The van der Waals surface area contributed by atoms with E-state index < -0.39 is 28.5 Å². The fourth-order valence-corrected chi connectivity index (χ4v) is 3.62. The maximum absolute atomic E-state index is 12.5. The second-order valence-electron chi connectivity index (χ2n) is 4.69. The summed E-state index contributed by atoms with van der Waals surface area (Å²) in [4.78, 5) is 22.2. The summed E-state index contributed by atoms with van der Waals surface area (Å²) < 4.78 is 30.6. The molecule has 1 aromatic rings. The molecule has 8 heteroatoms. The zero-order valence-electron chi connectivity index (χ0n) is 11.4. The van der Waals surface area contributed by atoms with Crippen molar-refractivity contribution in [2.45, 2.75) is 23.8 Å². The fraction of sp³-hybridized carbons (Fsp3) is 0.385. The van der Waals surface area contributed by atoms with Crippen LogP contribution >= 0.6 is 0 Å². The molecule has 1 aliphatic carbocycles. The number of carbonyl (C=O) groups excluding carboxylic acids is 1. The van der Waals surface area contributed by atoms with Gasteiger partial charge >= 0.3 is 11.9 Å². The van der Waals surface area contributed by atoms with Gasteiger partial charge in [0.25, 0.3) is 0 Å². The molecule has 0 heterocycles. The van der Waals surface area contributed by atoms with Crippen molar-refractivity contribution >= 4 is 22.0 Å². The van der Waals surface area contributed by atoms with Gasteiger partial charge < -0.3 is 9.84 Å². The Hall–Kier alpha value is -1.93. The molecule has 114 valence electrons. The number of carboxylic acids is 1. The Morgan fingerprint density at radius 2 is 2.05 bits per heavy atom. The SMILES string of the molecule is COC(=O)c1cccc(S(=O)(=O)N(CC(=O)O)C2CC2)c1.